The lowest BCUT2D eigenvalue weighted by Crippen LogP contribution is -2.37. The van der Waals surface area contributed by atoms with Crippen LogP contribution in [0.25, 0.3) is 0 Å². The summed E-state index contributed by atoms with van der Waals surface area (Å²) >= 11 is 0. The van der Waals surface area contributed by atoms with E-state index in [0.29, 0.717) is 16.9 Å². The number of nitrogens with one attached hydrogen (secondary N) is 2. The lowest BCUT2D eigenvalue weighted by atomic mass is 10.1. The van der Waals surface area contributed by atoms with Gasteiger partial charge in [-0.2, -0.15) is 0 Å². The van der Waals surface area contributed by atoms with Gasteiger partial charge >= 0.3 is 6.16 Å². The molecule has 1 aliphatic rings. The molecule has 0 radical (unpaired) electrons. The summed E-state index contributed by atoms with van der Waals surface area (Å²) in [6.45, 7) is 1.43. The highest BCUT2D eigenvalue weighted by molar-refractivity contribution is 6.22. The maximum Gasteiger partial charge on any atom is 0.513 e. The molecule has 4 amide bonds. The summed E-state index contributed by atoms with van der Waals surface area (Å²) in [5.74, 6) is -1.70. The molecule has 0 aliphatic carbocycles. The third-order valence-electron chi connectivity index (χ3n) is 5.19. The highest BCUT2D eigenvalue weighted by Gasteiger charge is 2.36. The first-order chi connectivity index (χ1) is 17.4. The topological polar surface area (TPSA) is 131 Å². The molecular formula is C26H21N3O7. The van der Waals surface area contributed by atoms with Gasteiger partial charge in [0, 0.05) is 16.9 Å². The van der Waals surface area contributed by atoms with Crippen LogP contribution in [0.15, 0.2) is 72.8 Å². The molecule has 3 aromatic rings. The normalized spacial score (nSPS) is 12.1. The summed E-state index contributed by atoms with van der Waals surface area (Å²) in [7, 11) is 0. The van der Waals surface area contributed by atoms with Crippen molar-refractivity contribution in [2.24, 2.45) is 0 Å². The molecule has 10 nitrogen and oxygen atoms in total. The largest absolute Gasteiger partial charge is 0.513 e. The first-order valence-electron chi connectivity index (χ1n) is 11.0. The Hall–Kier alpha value is -4.99. The van der Waals surface area contributed by atoms with Crippen LogP contribution in [0, 0.1) is 0 Å². The number of anilines is 2. The van der Waals surface area contributed by atoms with Gasteiger partial charge in [-0.05, 0) is 67.6 Å². The number of hydrogen-bond acceptors (Lipinski definition) is 7. The minimum Gasteiger partial charge on any atom is -0.434 e. The number of rotatable bonds is 7. The average Bonchev–Trinajstić information content (AvgIpc) is 3.10. The van der Waals surface area contributed by atoms with Gasteiger partial charge in [-0.1, -0.05) is 12.1 Å². The van der Waals surface area contributed by atoms with E-state index >= 15 is 0 Å². The van der Waals surface area contributed by atoms with Gasteiger partial charge in [0.1, 0.15) is 12.3 Å². The zero-order valence-electron chi connectivity index (χ0n) is 19.1. The molecule has 0 bridgehead atoms. The Kier molecular flexibility index (Phi) is 7.05. The number of ether oxygens (including phenoxy) is 2. The summed E-state index contributed by atoms with van der Waals surface area (Å²) in [6.07, 6.45) is -0.828. The lowest BCUT2D eigenvalue weighted by Gasteiger charge is -2.14. The smallest absolute Gasteiger partial charge is 0.434 e. The zero-order valence-corrected chi connectivity index (χ0v) is 19.1. The lowest BCUT2D eigenvalue weighted by molar-refractivity contribution is -0.116. The molecule has 2 N–H and O–H groups in total. The number of carbonyl (C=O) groups excluding carboxylic acids is 5. The van der Waals surface area contributed by atoms with Gasteiger partial charge in [0.05, 0.1) is 17.7 Å². The van der Waals surface area contributed by atoms with Crippen molar-refractivity contribution in [3.63, 3.8) is 0 Å². The third-order valence-corrected chi connectivity index (χ3v) is 5.19. The molecule has 182 valence electrons. The Morgan fingerprint density at radius 2 is 1.33 bits per heavy atom. The SMILES string of the molecule is CCOC(=O)Oc1ccc(C(=O)Nc2ccc(NC(=O)CN3C(=O)c4ccccc4C3=O)cc2)cc1. The van der Waals surface area contributed by atoms with E-state index in [0.717, 1.165) is 4.90 Å². The molecule has 0 unspecified atom stereocenters. The van der Waals surface area contributed by atoms with Crippen LogP contribution in [-0.4, -0.2) is 47.8 Å². The van der Waals surface area contributed by atoms with Crippen LogP contribution in [0.5, 0.6) is 5.75 Å². The van der Waals surface area contributed by atoms with Crippen molar-refractivity contribution in [3.8, 4) is 5.75 Å². The van der Waals surface area contributed by atoms with Crippen LogP contribution in [0.1, 0.15) is 38.0 Å². The standard InChI is InChI=1S/C26H21N3O7/c1-2-35-26(34)36-19-13-7-16(8-14-19)23(31)28-18-11-9-17(10-12-18)27-22(30)15-29-24(32)20-5-3-4-6-21(20)25(29)33/h3-14H,2,15H2,1H3,(H,27,30)(H,28,31). The summed E-state index contributed by atoms with van der Waals surface area (Å²) in [5.41, 5.74) is 1.79. The average molecular weight is 487 g/mol. The number of carbonyl (C=O) groups is 5. The molecule has 0 atom stereocenters. The first-order valence-corrected chi connectivity index (χ1v) is 11.0. The quantitative estimate of drug-likeness (QED) is 0.295. The first kappa shape index (κ1) is 24.1. The Morgan fingerprint density at radius 1 is 0.778 bits per heavy atom. The van der Waals surface area contributed by atoms with Crippen molar-refractivity contribution in [1.82, 2.24) is 4.90 Å². The van der Waals surface area contributed by atoms with Gasteiger partial charge < -0.3 is 20.1 Å². The van der Waals surface area contributed by atoms with Crippen LogP contribution < -0.4 is 15.4 Å². The predicted molar refractivity (Wildman–Crippen MR) is 129 cm³/mol. The van der Waals surface area contributed by atoms with Gasteiger partial charge in [0.15, 0.2) is 0 Å². The number of amides is 4. The monoisotopic (exact) mass is 487 g/mol. The maximum atomic E-state index is 12.5. The second-order valence-corrected chi connectivity index (χ2v) is 7.63. The molecule has 1 heterocycles. The van der Waals surface area contributed by atoms with Gasteiger partial charge in [0.2, 0.25) is 5.91 Å². The molecule has 3 aromatic carbocycles. The van der Waals surface area contributed by atoms with Crippen molar-refractivity contribution >= 4 is 41.2 Å². The van der Waals surface area contributed by atoms with E-state index in [2.05, 4.69) is 10.6 Å². The molecule has 4 rings (SSSR count). The van der Waals surface area contributed by atoms with Crippen LogP contribution in [0.3, 0.4) is 0 Å². The fourth-order valence-corrected chi connectivity index (χ4v) is 3.48. The summed E-state index contributed by atoms with van der Waals surface area (Å²) in [4.78, 5) is 62.0. The van der Waals surface area contributed by atoms with Gasteiger partial charge in [-0.3, -0.25) is 24.1 Å². The van der Waals surface area contributed by atoms with E-state index in [1.165, 1.54) is 24.3 Å². The molecular weight excluding hydrogens is 466 g/mol. The number of fused-ring (bicyclic) bond motifs is 1. The van der Waals surface area contributed by atoms with Crippen molar-refractivity contribution in [3.05, 3.63) is 89.5 Å². The molecule has 1 aliphatic heterocycles. The van der Waals surface area contributed by atoms with E-state index in [4.69, 9.17) is 9.47 Å². The highest BCUT2D eigenvalue weighted by Crippen LogP contribution is 2.22. The number of hydrogen-bond donors (Lipinski definition) is 2. The van der Waals surface area contributed by atoms with E-state index in [1.54, 1.807) is 55.5 Å². The number of imide groups is 1. The summed E-state index contributed by atoms with van der Waals surface area (Å²) in [5, 5.41) is 5.35. The predicted octanol–water partition coefficient (Wildman–Crippen LogP) is 3.71. The molecule has 0 fully saturated rings. The molecule has 0 saturated carbocycles. The third kappa shape index (κ3) is 5.39. The van der Waals surface area contributed by atoms with Crippen molar-refractivity contribution in [1.29, 1.82) is 0 Å². The molecule has 0 aromatic heterocycles. The fourth-order valence-electron chi connectivity index (χ4n) is 3.48. The minimum absolute atomic E-state index is 0.189. The Balaban J connectivity index is 1.30. The Labute approximate surface area is 205 Å². The number of nitrogens with zero attached hydrogens (tertiary/aromatic N) is 1. The van der Waals surface area contributed by atoms with Gasteiger partial charge in [-0.15, -0.1) is 0 Å². The van der Waals surface area contributed by atoms with Gasteiger partial charge in [0.25, 0.3) is 17.7 Å². The van der Waals surface area contributed by atoms with Crippen LogP contribution in [0.2, 0.25) is 0 Å². The zero-order chi connectivity index (χ0) is 25.7. The van der Waals surface area contributed by atoms with Gasteiger partial charge in [-0.25, -0.2) is 4.79 Å². The van der Waals surface area contributed by atoms with E-state index in [-0.39, 0.29) is 29.4 Å². The fraction of sp³-hybridized carbons (Fsp3) is 0.115. The second-order valence-electron chi connectivity index (χ2n) is 7.63. The molecule has 0 saturated heterocycles. The second kappa shape index (κ2) is 10.5. The molecule has 36 heavy (non-hydrogen) atoms. The van der Waals surface area contributed by atoms with Crippen molar-refractivity contribution in [2.75, 3.05) is 23.8 Å². The minimum atomic E-state index is -0.828. The summed E-state index contributed by atoms with van der Waals surface area (Å²) in [6, 6.07) is 18.7. The Morgan fingerprint density at radius 3 is 1.89 bits per heavy atom. The number of benzene rings is 3. The van der Waals surface area contributed by atoms with E-state index in [9.17, 15) is 24.0 Å². The van der Waals surface area contributed by atoms with E-state index < -0.39 is 30.4 Å². The van der Waals surface area contributed by atoms with E-state index in [1.807, 2.05) is 0 Å². The summed E-state index contributed by atoms with van der Waals surface area (Å²) < 4.78 is 9.65. The van der Waals surface area contributed by atoms with Crippen molar-refractivity contribution in [2.45, 2.75) is 6.92 Å². The van der Waals surface area contributed by atoms with Crippen LogP contribution >= 0.6 is 0 Å². The maximum absolute atomic E-state index is 12.5. The Bertz CT molecular complexity index is 1300. The van der Waals surface area contributed by atoms with Crippen LogP contribution in [0.4, 0.5) is 16.2 Å². The van der Waals surface area contributed by atoms with Crippen LogP contribution in [-0.2, 0) is 9.53 Å². The highest BCUT2D eigenvalue weighted by atomic mass is 16.7. The molecule has 0 spiro atoms. The molecule has 10 heteroatoms. The van der Waals surface area contributed by atoms with Crippen molar-refractivity contribution < 1.29 is 33.4 Å².